The molecule has 0 fully saturated rings. The molecule has 2 aromatic carbocycles. The van der Waals surface area contributed by atoms with Gasteiger partial charge in [0.15, 0.2) is 23.0 Å². The molecule has 3 aromatic rings. The quantitative estimate of drug-likeness (QED) is 0.638. The smallest absolute Gasteiger partial charge is 0.337 e. The van der Waals surface area contributed by atoms with Gasteiger partial charge in [0.05, 0.1) is 12.7 Å². The Morgan fingerprint density at radius 1 is 0.931 bits per heavy atom. The predicted molar refractivity (Wildman–Crippen MR) is 104 cm³/mol. The van der Waals surface area contributed by atoms with Crippen molar-refractivity contribution in [2.24, 2.45) is 0 Å². The third kappa shape index (κ3) is 4.08. The molecular formula is C20H16N4O5. The van der Waals surface area contributed by atoms with E-state index in [9.17, 15) is 9.59 Å². The molecule has 0 aliphatic carbocycles. The minimum atomic E-state index is -0.445. The highest BCUT2D eigenvalue weighted by atomic mass is 16.7. The summed E-state index contributed by atoms with van der Waals surface area (Å²) in [6.45, 7) is 0.202. The van der Waals surface area contributed by atoms with Gasteiger partial charge in [-0.15, -0.1) is 10.2 Å². The maximum atomic E-state index is 12.3. The molecule has 1 aliphatic heterocycles. The second-order valence-electron chi connectivity index (χ2n) is 6.02. The Morgan fingerprint density at radius 3 is 2.41 bits per heavy atom. The number of carbonyl (C=O) groups excluding carboxylic acids is 2. The van der Waals surface area contributed by atoms with E-state index in [0.29, 0.717) is 28.6 Å². The number of nitrogens with one attached hydrogen (secondary N) is 2. The van der Waals surface area contributed by atoms with Gasteiger partial charge in [0.1, 0.15) is 0 Å². The van der Waals surface area contributed by atoms with Gasteiger partial charge in [0.2, 0.25) is 6.79 Å². The average Bonchev–Trinajstić information content (AvgIpc) is 3.22. The lowest BCUT2D eigenvalue weighted by Gasteiger charge is -2.07. The fraction of sp³-hybridized carbons (Fsp3) is 0.100. The van der Waals surface area contributed by atoms with Crippen LogP contribution in [0.25, 0.3) is 0 Å². The summed E-state index contributed by atoms with van der Waals surface area (Å²) < 4.78 is 15.2. The summed E-state index contributed by atoms with van der Waals surface area (Å²) in [7, 11) is 1.31. The monoisotopic (exact) mass is 392 g/mol. The van der Waals surface area contributed by atoms with Gasteiger partial charge in [-0.2, -0.15) is 0 Å². The predicted octanol–water partition coefficient (Wildman–Crippen LogP) is 2.99. The van der Waals surface area contributed by atoms with Crippen LogP contribution in [0.3, 0.4) is 0 Å². The molecular weight excluding hydrogens is 376 g/mol. The van der Waals surface area contributed by atoms with Gasteiger partial charge in [-0.05, 0) is 48.5 Å². The number of carbonyl (C=O) groups is 2. The van der Waals surface area contributed by atoms with Crippen LogP contribution in [0.1, 0.15) is 20.8 Å². The molecule has 29 heavy (non-hydrogen) atoms. The SMILES string of the molecule is COC(=O)c1ccc(NC(=O)c2ccc(Nc3ccc4c(c3)OCO4)nn2)cc1. The molecule has 1 aromatic heterocycles. The van der Waals surface area contributed by atoms with Gasteiger partial charge in [0.25, 0.3) is 5.91 Å². The zero-order valence-electron chi connectivity index (χ0n) is 15.3. The van der Waals surface area contributed by atoms with Gasteiger partial charge in [-0.1, -0.05) is 0 Å². The van der Waals surface area contributed by atoms with E-state index >= 15 is 0 Å². The largest absolute Gasteiger partial charge is 0.465 e. The molecule has 9 nitrogen and oxygen atoms in total. The Hall–Kier alpha value is -4.14. The molecule has 2 heterocycles. The van der Waals surface area contributed by atoms with Crippen molar-refractivity contribution in [3.05, 3.63) is 65.9 Å². The van der Waals surface area contributed by atoms with E-state index in [2.05, 4.69) is 25.6 Å². The summed E-state index contributed by atoms with van der Waals surface area (Å²) in [5, 5.41) is 13.8. The fourth-order valence-corrected chi connectivity index (χ4v) is 2.64. The number of amides is 1. The van der Waals surface area contributed by atoms with Gasteiger partial charge in [-0.3, -0.25) is 4.79 Å². The van der Waals surface area contributed by atoms with Gasteiger partial charge in [-0.25, -0.2) is 4.79 Å². The number of ether oxygens (including phenoxy) is 3. The number of benzene rings is 2. The third-order valence-electron chi connectivity index (χ3n) is 4.11. The minimum absolute atomic E-state index is 0.151. The number of esters is 1. The lowest BCUT2D eigenvalue weighted by atomic mass is 10.2. The Kier molecular flexibility index (Phi) is 4.93. The summed E-state index contributed by atoms with van der Waals surface area (Å²) in [5.41, 5.74) is 1.82. The molecule has 0 spiro atoms. The first-order chi connectivity index (χ1) is 14.1. The van der Waals surface area contributed by atoms with Gasteiger partial charge < -0.3 is 24.8 Å². The third-order valence-corrected chi connectivity index (χ3v) is 4.11. The zero-order chi connectivity index (χ0) is 20.2. The van der Waals surface area contributed by atoms with Crippen LogP contribution in [0, 0.1) is 0 Å². The van der Waals surface area contributed by atoms with E-state index in [1.54, 1.807) is 48.5 Å². The normalized spacial score (nSPS) is 11.6. The summed E-state index contributed by atoms with van der Waals surface area (Å²) in [5.74, 6) is 0.950. The lowest BCUT2D eigenvalue weighted by Crippen LogP contribution is -2.14. The van der Waals surface area contributed by atoms with Crippen LogP contribution in [0.2, 0.25) is 0 Å². The average molecular weight is 392 g/mol. The van der Waals surface area contributed by atoms with E-state index in [0.717, 1.165) is 5.69 Å². The molecule has 9 heteroatoms. The summed E-state index contributed by atoms with van der Waals surface area (Å²) >= 11 is 0. The molecule has 0 saturated heterocycles. The Labute approximate surface area is 165 Å². The van der Waals surface area contributed by atoms with E-state index in [1.807, 2.05) is 6.07 Å². The van der Waals surface area contributed by atoms with Crippen LogP contribution < -0.4 is 20.1 Å². The molecule has 1 amide bonds. The lowest BCUT2D eigenvalue weighted by molar-refractivity contribution is 0.0600. The summed E-state index contributed by atoms with van der Waals surface area (Å²) in [4.78, 5) is 23.8. The molecule has 146 valence electrons. The van der Waals surface area contributed by atoms with Crippen LogP contribution >= 0.6 is 0 Å². The van der Waals surface area contributed by atoms with E-state index in [4.69, 9.17) is 9.47 Å². The number of anilines is 3. The van der Waals surface area contributed by atoms with E-state index in [-0.39, 0.29) is 12.5 Å². The molecule has 2 N–H and O–H groups in total. The first-order valence-electron chi connectivity index (χ1n) is 8.62. The molecule has 1 aliphatic rings. The highest BCUT2D eigenvalue weighted by Crippen LogP contribution is 2.34. The second-order valence-corrected chi connectivity index (χ2v) is 6.02. The van der Waals surface area contributed by atoms with E-state index < -0.39 is 11.9 Å². The highest BCUT2D eigenvalue weighted by Gasteiger charge is 2.14. The van der Waals surface area contributed by atoms with Crippen molar-refractivity contribution < 1.29 is 23.8 Å². The molecule has 0 atom stereocenters. The number of fused-ring (bicyclic) bond motifs is 1. The fourth-order valence-electron chi connectivity index (χ4n) is 2.64. The number of rotatable bonds is 5. The van der Waals surface area contributed by atoms with Crippen molar-refractivity contribution in [1.82, 2.24) is 10.2 Å². The van der Waals surface area contributed by atoms with Crippen molar-refractivity contribution in [3.8, 4) is 11.5 Å². The Bertz CT molecular complexity index is 1050. The Morgan fingerprint density at radius 2 is 1.69 bits per heavy atom. The first kappa shape index (κ1) is 18.2. The number of hydrogen-bond donors (Lipinski definition) is 2. The van der Waals surface area contributed by atoms with Crippen LogP contribution in [-0.2, 0) is 4.74 Å². The van der Waals surface area contributed by atoms with Crippen molar-refractivity contribution in [3.63, 3.8) is 0 Å². The summed E-state index contributed by atoms with van der Waals surface area (Å²) in [6.07, 6.45) is 0. The number of methoxy groups -OCH3 is 1. The topological polar surface area (TPSA) is 112 Å². The maximum absolute atomic E-state index is 12.3. The van der Waals surface area contributed by atoms with Gasteiger partial charge >= 0.3 is 5.97 Å². The second kappa shape index (κ2) is 7.85. The minimum Gasteiger partial charge on any atom is -0.465 e. The van der Waals surface area contributed by atoms with Crippen molar-refractivity contribution in [2.45, 2.75) is 0 Å². The summed E-state index contributed by atoms with van der Waals surface area (Å²) in [6, 6.07) is 15.0. The van der Waals surface area contributed by atoms with Crippen molar-refractivity contribution in [2.75, 3.05) is 24.5 Å². The number of nitrogens with zero attached hydrogens (tertiary/aromatic N) is 2. The highest BCUT2D eigenvalue weighted by molar-refractivity contribution is 6.03. The van der Waals surface area contributed by atoms with E-state index in [1.165, 1.54) is 7.11 Å². The van der Waals surface area contributed by atoms with Crippen molar-refractivity contribution >= 4 is 29.1 Å². The number of hydrogen-bond acceptors (Lipinski definition) is 8. The van der Waals surface area contributed by atoms with Crippen molar-refractivity contribution in [1.29, 1.82) is 0 Å². The number of aromatic nitrogens is 2. The first-order valence-corrected chi connectivity index (χ1v) is 8.62. The van der Waals surface area contributed by atoms with Crippen LogP contribution in [0.4, 0.5) is 17.2 Å². The molecule has 0 bridgehead atoms. The van der Waals surface area contributed by atoms with Crippen LogP contribution in [0.5, 0.6) is 11.5 Å². The molecule has 4 rings (SSSR count). The molecule has 0 radical (unpaired) electrons. The Balaban J connectivity index is 1.39. The maximum Gasteiger partial charge on any atom is 0.337 e. The van der Waals surface area contributed by atoms with Crippen LogP contribution in [-0.4, -0.2) is 36.0 Å². The van der Waals surface area contributed by atoms with Crippen LogP contribution in [0.15, 0.2) is 54.6 Å². The molecule has 0 unspecified atom stereocenters. The molecule has 0 saturated carbocycles. The standard InChI is InChI=1S/C20H16N4O5/c1-27-20(26)12-2-4-13(5-3-12)22-19(25)15-7-9-18(24-23-15)21-14-6-8-16-17(10-14)29-11-28-16/h2-10H,11H2,1H3,(H,21,24)(H,22,25). The zero-order valence-corrected chi connectivity index (χ0v) is 15.3. The van der Waals surface area contributed by atoms with Gasteiger partial charge in [0, 0.05) is 17.4 Å².